The highest BCUT2D eigenvalue weighted by molar-refractivity contribution is 7.99. The molecule has 4 rings (SSSR count). The van der Waals surface area contributed by atoms with Gasteiger partial charge in [0.15, 0.2) is 0 Å². The van der Waals surface area contributed by atoms with E-state index in [0.29, 0.717) is 12.1 Å². The maximum absolute atomic E-state index is 13.6. The van der Waals surface area contributed by atoms with E-state index in [1.54, 1.807) is 11.8 Å². The van der Waals surface area contributed by atoms with Crippen molar-refractivity contribution in [1.29, 1.82) is 0 Å². The number of hydrogen-bond donors (Lipinski definition) is 0. The van der Waals surface area contributed by atoms with Gasteiger partial charge < -0.3 is 4.43 Å². The second kappa shape index (κ2) is 9.14. The zero-order valence-corrected chi connectivity index (χ0v) is 21.9. The molecule has 1 heterocycles. The van der Waals surface area contributed by atoms with Crippen molar-refractivity contribution in [2.75, 3.05) is 4.90 Å². The van der Waals surface area contributed by atoms with E-state index in [1.807, 2.05) is 48.5 Å². The average molecular weight is 480 g/mol. The van der Waals surface area contributed by atoms with Crippen LogP contribution in [0.5, 0.6) is 0 Å². The first-order valence-corrected chi connectivity index (χ1v) is 15.5. The number of carbonyl (C=O) groups excluding carboxylic acids is 2. The molecular weight excluding hydrogens is 446 g/mol. The van der Waals surface area contributed by atoms with Crippen molar-refractivity contribution in [1.82, 2.24) is 0 Å². The molecule has 2 amide bonds. The summed E-state index contributed by atoms with van der Waals surface area (Å²) >= 11 is 1.73. The molecule has 1 fully saturated rings. The third-order valence-corrected chi connectivity index (χ3v) is 12.8. The SMILES string of the molecule is CC(C)(C)[Si](C)(C)OC1=C[C@H](SCc2ccccc2)[C@@H]2C(=O)N(c3ccccc3)C(=O)[C@@H]2C1. The van der Waals surface area contributed by atoms with E-state index in [4.69, 9.17) is 4.43 Å². The lowest BCUT2D eigenvalue weighted by atomic mass is 9.84. The van der Waals surface area contributed by atoms with Crippen molar-refractivity contribution >= 4 is 37.6 Å². The predicted molar refractivity (Wildman–Crippen MR) is 138 cm³/mol. The number of rotatable bonds is 6. The fourth-order valence-electron chi connectivity index (χ4n) is 4.21. The molecule has 4 nitrogen and oxygen atoms in total. The van der Waals surface area contributed by atoms with E-state index in [1.165, 1.54) is 10.5 Å². The van der Waals surface area contributed by atoms with Crippen molar-refractivity contribution in [3.8, 4) is 0 Å². The smallest absolute Gasteiger partial charge is 0.250 e. The molecule has 0 radical (unpaired) electrons. The highest BCUT2D eigenvalue weighted by atomic mass is 32.2. The molecule has 1 aliphatic heterocycles. The standard InChI is InChI=1S/C27H33NO3SSi/c1-27(2,3)33(4,5)31-21-16-22-24(23(17-21)32-18-19-12-8-6-9-13-19)26(30)28(25(22)29)20-14-10-7-11-15-20/h6-15,17,22-24H,16,18H2,1-5H3/t22-,23+,24-/m1/s1. The van der Waals surface area contributed by atoms with E-state index < -0.39 is 8.32 Å². The largest absolute Gasteiger partial charge is 0.547 e. The lowest BCUT2D eigenvalue weighted by Gasteiger charge is -2.39. The van der Waals surface area contributed by atoms with E-state index in [-0.39, 0.29) is 33.9 Å². The summed E-state index contributed by atoms with van der Waals surface area (Å²) in [6, 6.07) is 19.6. The molecule has 0 bridgehead atoms. The minimum atomic E-state index is -2.06. The number of allylic oxidation sites excluding steroid dienone is 1. The summed E-state index contributed by atoms with van der Waals surface area (Å²) in [5, 5.41) is -0.0444. The molecule has 0 saturated carbocycles. The Morgan fingerprint density at radius 3 is 2.18 bits per heavy atom. The van der Waals surface area contributed by atoms with Gasteiger partial charge in [0.1, 0.15) is 0 Å². The Morgan fingerprint density at radius 2 is 1.58 bits per heavy atom. The minimum absolute atomic E-state index is 0.0585. The molecule has 0 aromatic heterocycles. The van der Waals surface area contributed by atoms with Crippen molar-refractivity contribution in [3.05, 3.63) is 78.1 Å². The Balaban J connectivity index is 1.65. The summed E-state index contributed by atoms with van der Waals surface area (Å²) in [5.41, 5.74) is 1.86. The number of para-hydroxylation sites is 1. The van der Waals surface area contributed by atoms with Gasteiger partial charge in [0, 0.05) is 17.4 Å². The summed E-state index contributed by atoms with van der Waals surface area (Å²) in [6.45, 7) is 11.1. The summed E-state index contributed by atoms with van der Waals surface area (Å²) in [6.07, 6.45) is 2.63. The van der Waals surface area contributed by atoms with E-state index >= 15 is 0 Å². The van der Waals surface area contributed by atoms with Crippen LogP contribution >= 0.6 is 11.8 Å². The van der Waals surface area contributed by atoms with Gasteiger partial charge in [-0.1, -0.05) is 69.3 Å². The Morgan fingerprint density at radius 1 is 0.970 bits per heavy atom. The zero-order chi connectivity index (χ0) is 23.8. The molecule has 2 aliphatic rings. The van der Waals surface area contributed by atoms with Crippen LogP contribution in [-0.4, -0.2) is 25.4 Å². The van der Waals surface area contributed by atoms with Crippen LogP contribution in [0, 0.1) is 11.8 Å². The number of fused-ring (bicyclic) bond motifs is 1. The van der Waals surface area contributed by atoms with Crippen LogP contribution < -0.4 is 4.90 Å². The Labute approximate surface area is 202 Å². The number of imide groups is 1. The quantitative estimate of drug-likeness (QED) is 0.355. The summed E-state index contributed by atoms with van der Waals surface area (Å²) in [4.78, 5) is 28.5. The van der Waals surface area contributed by atoms with Crippen molar-refractivity contribution in [3.63, 3.8) is 0 Å². The van der Waals surface area contributed by atoms with Gasteiger partial charge in [-0.3, -0.25) is 9.59 Å². The first-order chi connectivity index (χ1) is 15.6. The van der Waals surface area contributed by atoms with Gasteiger partial charge in [-0.2, -0.15) is 0 Å². The van der Waals surface area contributed by atoms with Crippen LogP contribution in [0.2, 0.25) is 18.1 Å². The van der Waals surface area contributed by atoms with Gasteiger partial charge in [0.2, 0.25) is 20.1 Å². The van der Waals surface area contributed by atoms with Crippen molar-refractivity contribution in [2.45, 2.75) is 56.3 Å². The number of thioether (sulfide) groups is 1. The number of nitrogens with zero attached hydrogens (tertiary/aromatic N) is 1. The molecule has 0 N–H and O–H groups in total. The Hall–Kier alpha value is -2.31. The van der Waals surface area contributed by atoms with Gasteiger partial charge in [-0.05, 0) is 41.9 Å². The van der Waals surface area contributed by atoms with Crippen LogP contribution in [0.1, 0.15) is 32.8 Å². The second-order valence-corrected chi connectivity index (χ2v) is 16.3. The molecule has 1 aliphatic carbocycles. The molecule has 0 unspecified atom stereocenters. The fourth-order valence-corrected chi connectivity index (χ4v) is 6.66. The minimum Gasteiger partial charge on any atom is -0.547 e. The van der Waals surface area contributed by atoms with Crippen LogP contribution in [0.25, 0.3) is 0 Å². The van der Waals surface area contributed by atoms with E-state index in [2.05, 4.69) is 52.1 Å². The molecular formula is C27H33NO3SSi. The highest BCUT2D eigenvalue weighted by Crippen LogP contribution is 2.47. The fraction of sp³-hybridized carbons (Fsp3) is 0.407. The number of anilines is 1. The number of benzene rings is 2. The zero-order valence-electron chi connectivity index (χ0n) is 20.1. The van der Waals surface area contributed by atoms with Gasteiger partial charge in [0.25, 0.3) is 0 Å². The molecule has 6 heteroatoms. The monoisotopic (exact) mass is 479 g/mol. The molecule has 2 aromatic carbocycles. The average Bonchev–Trinajstić information content (AvgIpc) is 3.02. The van der Waals surface area contributed by atoms with E-state index in [0.717, 1.165) is 11.5 Å². The van der Waals surface area contributed by atoms with Crippen LogP contribution in [-0.2, 0) is 19.8 Å². The highest BCUT2D eigenvalue weighted by Gasteiger charge is 2.54. The molecule has 33 heavy (non-hydrogen) atoms. The summed E-state index contributed by atoms with van der Waals surface area (Å²) in [7, 11) is -2.06. The third kappa shape index (κ3) is 4.82. The predicted octanol–water partition coefficient (Wildman–Crippen LogP) is 6.40. The maximum Gasteiger partial charge on any atom is 0.250 e. The first kappa shape index (κ1) is 23.8. The number of hydrogen-bond acceptors (Lipinski definition) is 4. The number of carbonyl (C=O) groups is 2. The summed E-state index contributed by atoms with van der Waals surface area (Å²) in [5.74, 6) is 0.722. The van der Waals surface area contributed by atoms with Gasteiger partial charge in [-0.25, -0.2) is 4.90 Å². The van der Waals surface area contributed by atoms with Crippen LogP contribution in [0.4, 0.5) is 5.69 Å². The van der Waals surface area contributed by atoms with Crippen LogP contribution in [0.15, 0.2) is 72.5 Å². The molecule has 2 aromatic rings. The molecule has 3 atom stereocenters. The molecule has 0 spiro atoms. The lowest BCUT2D eigenvalue weighted by Crippen LogP contribution is -2.42. The van der Waals surface area contributed by atoms with Crippen molar-refractivity contribution < 1.29 is 14.0 Å². The van der Waals surface area contributed by atoms with Crippen LogP contribution in [0.3, 0.4) is 0 Å². The van der Waals surface area contributed by atoms with Crippen molar-refractivity contribution in [2.24, 2.45) is 11.8 Å². The van der Waals surface area contributed by atoms with Gasteiger partial charge in [0.05, 0.1) is 23.3 Å². The molecule has 174 valence electrons. The number of amides is 2. The third-order valence-electron chi connectivity index (χ3n) is 7.09. The molecule has 1 saturated heterocycles. The summed E-state index contributed by atoms with van der Waals surface area (Å²) < 4.78 is 6.66. The van der Waals surface area contributed by atoms with E-state index in [9.17, 15) is 9.59 Å². The topological polar surface area (TPSA) is 46.6 Å². The Kier molecular flexibility index (Phi) is 6.60. The maximum atomic E-state index is 13.6. The second-order valence-electron chi connectivity index (χ2n) is 10.4. The first-order valence-electron chi connectivity index (χ1n) is 11.6. The lowest BCUT2D eigenvalue weighted by molar-refractivity contribution is -0.122. The Bertz CT molecular complexity index is 1050. The van der Waals surface area contributed by atoms with Gasteiger partial charge >= 0.3 is 0 Å². The normalized spacial score (nSPS) is 23.4. The van der Waals surface area contributed by atoms with Gasteiger partial charge in [-0.15, -0.1) is 11.8 Å².